The fraction of sp³-hybridized carbons (Fsp3) is 0.824. The van der Waals surface area contributed by atoms with Gasteiger partial charge in [-0.1, -0.05) is 6.92 Å². The average molecular weight is 358 g/mol. The van der Waals surface area contributed by atoms with Crippen molar-refractivity contribution in [2.45, 2.75) is 77.1 Å². The number of hydrogen-bond donors (Lipinski definition) is 2. The van der Waals surface area contributed by atoms with Crippen LogP contribution in [0.2, 0.25) is 0 Å². The highest BCUT2D eigenvalue weighted by atomic mass is 16.6. The number of piperidine rings is 1. The predicted molar refractivity (Wildman–Crippen MR) is 90.8 cm³/mol. The van der Waals surface area contributed by atoms with E-state index in [0.29, 0.717) is 25.7 Å². The number of likely N-dealkylation sites (tertiary alicyclic amines) is 1. The molecule has 0 spiro atoms. The predicted octanol–water partition coefficient (Wildman–Crippen LogP) is 1.20. The van der Waals surface area contributed by atoms with Gasteiger partial charge in [-0.05, 0) is 46.5 Å². The lowest BCUT2D eigenvalue weighted by molar-refractivity contribution is -0.159. The molecule has 3 atom stereocenters. The number of ether oxygens (including phenoxy) is 2. The third-order valence-electron chi connectivity index (χ3n) is 4.08. The van der Waals surface area contributed by atoms with E-state index in [4.69, 9.17) is 9.47 Å². The molecular weight excluding hydrogens is 328 g/mol. The highest BCUT2D eigenvalue weighted by Crippen LogP contribution is 2.25. The normalized spacial score (nSPS) is 22.1. The molecule has 0 aromatic heterocycles. The van der Waals surface area contributed by atoms with E-state index in [0.717, 1.165) is 0 Å². The smallest absolute Gasteiger partial charge is 0.408 e. The maximum absolute atomic E-state index is 13.0. The second-order valence-corrected chi connectivity index (χ2v) is 7.16. The number of carbonyl (C=O) groups excluding carboxylic acids is 3. The van der Waals surface area contributed by atoms with Gasteiger partial charge in [-0.2, -0.15) is 0 Å². The molecule has 25 heavy (non-hydrogen) atoms. The van der Waals surface area contributed by atoms with E-state index in [1.165, 1.54) is 12.0 Å². The molecule has 8 nitrogen and oxygen atoms in total. The van der Waals surface area contributed by atoms with Gasteiger partial charge in [0.1, 0.15) is 17.7 Å². The summed E-state index contributed by atoms with van der Waals surface area (Å²) in [7, 11) is 1.27. The van der Waals surface area contributed by atoms with Gasteiger partial charge in [0.25, 0.3) is 0 Å². The standard InChI is InChI=1S/C17H30N2O6/c1-6-12(18-16(23)25-17(2,3)4)14(21)19-11(10-20)8-7-9-13(19)15(22)24-5/h11-13,20H,6-10H2,1-5H3,(H,18,23)/t11-,12+,13+/m1/s1. The fourth-order valence-corrected chi connectivity index (χ4v) is 2.93. The second kappa shape index (κ2) is 9.03. The van der Waals surface area contributed by atoms with Crippen LogP contribution in [0.5, 0.6) is 0 Å². The van der Waals surface area contributed by atoms with Gasteiger partial charge in [-0.25, -0.2) is 9.59 Å². The van der Waals surface area contributed by atoms with E-state index < -0.39 is 41.7 Å². The summed E-state index contributed by atoms with van der Waals surface area (Å²) >= 11 is 0. The van der Waals surface area contributed by atoms with Gasteiger partial charge in [0.15, 0.2) is 0 Å². The van der Waals surface area contributed by atoms with Crippen molar-refractivity contribution in [2.24, 2.45) is 0 Å². The van der Waals surface area contributed by atoms with Crippen molar-refractivity contribution in [1.29, 1.82) is 0 Å². The van der Waals surface area contributed by atoms with E-state index in [9.17, 15) is 19.5 Å². The summed E-state index contributed by atoms with van der Waals surface area (Å²) in [5, 5.41) is 12.2. The quantitative estimate of drug-likeness (QED) is 0.716. The second-order valence-electron chi connectivity index (χ2n) is 7.16. The van der Waals surface area contributed by atoms with E-state index >= 15 is 0 Å². The lowest BCUT2D eigenvalue weighted by Crippen LogP contribution is -2.60. The van der Waals surface area contributed by atoms with Crippen molar-refractivity contribution in [1.82, 2.24) is 10.2 Å². The fourth-order valence-electron chi connectivity index (χ4n) is 2.93. The van der Waals surface area contributed by atoms with Crippen molar-refractivity contribution >= 4 is 18.0 Å². The molecular formula is C17H30N2O6. The van der Waals surface area contributed by atoms with Crippen molar-refractivity contribution in [3.8, 4) is 0 Å². The summed E-state index contributed by atoms with van der Waals surface area (Å²) in [6.45, 7) is 6.70. The minimum absolute atomic E-state index is 0.248. The third-order valence-corrected chi connectivity index (χ3v) is 4.08. The zero-order valence-corrected chi connectivity index (χ0v) is 15.7. The monoisotopic (exact) mass is 358 g/mol. The Labute approximate surface area is 148 Å². The largest absolute Gasteiger partial charge is 0.467 e. The zero-order valence-electron chi connectivity index (χ0n) is 15.7. The molecule has 1 fully saturated rings. The molecule has 1 aliphatic heterocycles. The molecule has 0 aliphatic carbocycles. The number of nitrogens with one attached hydrogen (secondary N) is 1. The molecule has 144 valence electrons. The summed E-state index contributed by atoms with van der Waals surface area (Å²) in [4.78, 5) is 38.4. The van der Waals surface area contributed by atoms with Crippen LogP contribution in [0.3, 0.4) is 0 Å². The van der Waals surface area contributed by atoms with Gasteiger partial charge in [-0.15, -0.1) is 0 Å². The van der Waals surface area contributed by atoms with Crippen LogP contribution in [0.15, 0.2) is 0 Å². The Morgan fingerprint density at radius 2 is 1.92 bits per heavy atom. The molecule has 0 aromatic carbocycles. The molecule has 1 saturated heterocycles. The number of hydrogen-bond acceptors (Lipinski definition) is 6. The van der Waals surface area contributed by atoms with Gasteiger partial charge in [0.2, 0.25) is 5.91 Å². The van der Waals surface area contributed by atoms with Crippen molar-refractivity contribution < 1.29 is 29.0 Å². The molecule has 0 saturated carbocycles. The first-order valence-corrected chi connectivity index (χ1v) is 8.65. The average Bonchev–Trinajstić information content (AvgIpc) is 2.55. The Morgan fingerprint density at radius 3 is 2.40 bits per heavy atom. The number of alkyl carbamates (subject to hydrolysis) is 1. The summed E-state index contributed by atoms with van der Waals surface area (Å²) in [5.41, 5.74) is -0.682. The van der Waals surface area contributed by atoms with Gasteiger partial charge in [0, 0.05) is 0 Å². The minimum Gasteiger partial charge on any atom is -0.467 e. The Morgan fingerprint density at radius 1 is 1.28 bits per heavy atom. The lowest BCUT2D eigenvalue weighted by atomic mass is 9.94. The molecule has 0 unspecified atom stereocenters. The Bertz CT molecular complexity index is 488. The lowest BCUT2D eigenvalue weighted by Gasteiger charge is -2.41. The highest BCUT2D eigenvalue weighted by molar-refractivity contribution is 5.90. The SMILES string of the molecule is CC[C@H](NC(=O)OC(C)(C)C)C(=O)N1[C@@H](CO)CCC[C@H]1C(=O)OC. The van der Waals surface area contributed by atoms with Crippen LogP contribution in [0, 0.1) is 0 Å². The summed E-state index contributed by atoms with van der Waals surface area (Å²) in [6, 6.07) is -2.06. The van der Waals surface area contributed by atoms with Crippen molar-refractivity contribution in [3.05, 3.63) is 0 Å². The number of amides is 2. The molecule has 0 bridgehead atoms. The van der Waals surface area contributed by atoms with Gasteiger partial charge < -0.3 is 24.8 Å². The number of aliphatic hydroxyl groups excluding tert-OH is 1. The van der Waals surface area contributed by atoms with Crippen LogP contribution in [0.4, 0.5) is 4.79 Å². The highest BCUT2D eigenvalue weighted by Gasteiger charge is 2.41. The van der Waals surface area contributed by atoms with Gasteiger partial charge in [-0.3, -0.25) is 4.79 Å². The van der Waals surface area contributed by atoms with Crippen LogP contribution in [0.25, 0.3) is 0 Å². The maximum atomic E-state index is 13.0. The molecule has 2 amide bonds. The van der Waals surface area contributed by atoms with Gasteiger partial charge >= 0.3 is 12.1 Å². The zero-order chi connectivity index (χ0) is 19.2. The summed E-state index contributed by atoms with van der Waals surface area (Å²) < 4.78 is 9.99. The number of nitrogens with zero attached hydrogens (tertiary/aromatic N) is 1. The van der Waals surface area contributed by atoms with Crippen LogP contribution < -0.4 is 5.32 Å². The number of carbonyl (C=O) groups is 3. The minimum atomic E-state index is -0.839. The van der Waals surface area contributed by atoms with Crippen LogP contribution in [-0.4, -0.2) is 65.4 Å². The molecule has 0 radical (unpaired) electrons. The molecule has 8 heteroatoms. The van der Waals surface area contributed by atoms with E-state index in [-0.39, 0.29) is 6.61 Å². The van der Waals surface area contributed by atoms with E-state index in [1.807, 2.05) is 0 Å². The first-order chi connectivity index (χ1) is 11.6. The molecule has 2 N–H and O–H groups in total. The van der Waals surface area contributed by atoms with Crippen LogP contribution in [0.1, 0.15) is 53.4 Å². The Hall–Kier alpha value is -1.83. The molecule has 0 aromatic rings. The first kappa shape index (κ1) is 21.2. The Kier molecular flexibility index (Phi) is 7.66. The van der Waals surface area contributed by atoms with Crippen LogP contribution >= 0.6 is 0 Å². The number of rotatable bonds is 5. The number of methoxy groups -OCH3 is 1. The maximum Gasteiger partial charge on any atom is 0.408 e. The van der Waals surface area contributed by atoms with Crippen molar-refractivity contribution in [3.63, 3.8) is 0 Å². The van der Waals surface area contributed by atoms with Crippen molar-refractivity contribution in [2.75, 3.05) is 13.7 Å². The number of aliphatic hydroxyl groups is 1. The van der Waals surface area contributed by atoms with Crippen LogP contribution in [-0.2, 0) is 19.1 Å². The van der Waals surface area contributed by atoms with E-state index in [2.05, 4.69) is 5.32 Å². The number of esters is 1. The molecule has 1 aliphatic rings. The Balaban J connectivity index is 2.95. The van der Waals surface area contributed by atoms with Gasteiger partial charge in [0.05, 0.1) is 19.8 Å². The topological polar surface area (TPSA) is 105 Å². The summed E-state index contributed by atoms with van der Waals surface area (Å²) in [5.74, 6) is -0.930. The summed E-state index contributed by atoms with van der Waals surface area (Å²) in [6.07, 6.45) is 1.42. The van der Waals surface area contributed by atoms with E-state index in [1.54, 1.807) is 27.7 Å². The first-order valence-electron chi connectivity index (χ1n) is 8.65. The third kappa shape index (κ3) is 5.88. The molecule has 1 heterocycles. The molecule has 1 rings (SSSR count).